The third-order valence-electron chi connectivity index (χ3n) is 9.17. The minimum absolute atomic E-state index is 0.0139. The van der Waals surface area contributed by atoms with Gasteiger partial charge in [0.05, 0.1) is 28.7 Å². The van der Waals surface area contributed by atoms with Gasteiger partial charge in [0.25, 0.3) is 5.91 Å². The van der Waals surface area contributed by atoms with Gasteiger partial charge in [-0.1, -0.05) is 13.8 Å². The van der Waals surface area contributed by atoms with Gasteiger partial charge in [-0.05, 0) is 57.6 Å². The lowest BCUT2D eigenvalue weighted by atomic mass is 9.54. The molecule has 0 atom stereocenters. The second kappa shape index (κ2) is 9.90. The molecule has 1 saturated carbocycles. The van der Waals surface area contributed by atoms with Crippen molar-refractivity contribution in [1.82, 2.24) is 19.9 Å². The highest BCUT2D eigenvalue weighted by atomic mass is 19.2. The third-order valence-corrected chi connectivity index (χ3v) is 9.17. The highest BCUT2D eigenvalue weighted by Gasteiger charge is 2.57. The zero-order valence-corrected chi connectivity index (χ0v) is 25.6. The fraction of sp³-hybridized carbons (Fsp3) is 0.469. The maximum absolute atomic E-state index is 14.2. The van der Waals surface area contributed by atoms with Crippen LogP contribution >= 0.6 is 0 Å². The SMILES string of the molecule is Cc1cc(N2CCN(C(=O)c3cnc4c(n3)C3(CN4c4cc(F)c(F)c(F)c4)CC(C)(C)C3)C(C)(C)C2)nc(C)c1C(=O)O. The number of hydrogen-bond donors (Lipinski definition) is 1. The van der Waals surface area contributed by atoms with Crippen LogP contribution in [0.15, 0.2) is 24.4 Å². The summed E-state index contributed by atoms with van der Waals surface area (Å²) in [6, 6.07) is 3.68. The molecule has 9 nitrogen and oxygen atoms in total. The number of aromatic carboxylic acids is 1. The number of fused-ring (bicyclic) bond motifs is 2. The molecule has 1 N–H and O–H groups in total. The van der Waals surface area contributed by atoms with E-state index in [1.807, 2.05) is 18.7 Å². The number of nitrogens with zero attached hydrogens (tertiary/aromatic N) is 6. The summed E-state index contributed by atoms with van der Waals surface area (Å²) in [5.74, 6) is -4.32. The van der Waals surface area contributed by atoms with E-state index >= 15 is 0 Å². The molecule has 4 heterocycles. The molecule has 1 amide bonds. The number of benzene rings is 1. The number of carboxylic acids is 1. The molecule has 0 radical (unpaired) electrons. The highest BCUT2D eigenvalue weighted by Crippen LogP contribution is 2.60. The van der Waals surface area contributed by atoms with E-state index in [0.29, 0.717) is 54.8 Å². The average Bonchev–Trinajstić information content (AvgIpc) is 3.23. The van der Waals surface area contributed by atoms with Gasteiger partial charge in [0, 0.05) is 49.4 Å². The Bertz CT molecular complexity index is 1670. The Morgan fingerprint density at radius 3 is 2.16 bits per heavy atom. The Hall–Kier alpha value is -4.22. The van der Waals surface area contributed by atoms with Gasteiger partial charge in [0.2, 0.25) is 0 Å². The van der Waals surface area contributed by atoms with Crippen LogP contribution in [0.4, 0.5) is 30.5 Å². The van der Waals surface area contributed by atoms with Crippen molar-refractivity contribution in [3.63, 3.8) is 0 Å². The Kier molecular flexibility index (Phi) is 6.71. The molecule has 1 aromatic carbocycles. The van der Waals surface area contributed by atoms with E-state index in [4.69, 9.17) is 4.98 Å². The summed E-state index contributed by atoms with van der Waals surface area (Å²) in [5, 5.41) is 9.52. The number of hydrogen-bond acceptors (Lipinski definition) is 7. The molecule has 2 fully saturated rings. The fourth-order valence-corrected chi connectivity index (χ4v) is 7.62. The first-order valence-corrected chi connectivity index (χ1v) is 14.6. The van der Waals surface area contributed by atoms with E-state index < -0.39 is 34.4 Å². The molecule has 0 unspecified atom stereocenters. The van der Waals surface area contributed by atoms with Crippen molar-refractivity contribution in [2.24, 2.45) is 5.41 Å². The number of pyridine rings is 1. The number of halogens is 3. The van der Waals surface area contributed by atoms with Gasteiger partial charge >= 0.3 is 5.97 Å². The van der Waals surface area contributed by atoms with E-state index in [1.165, 1.54) is 6.20 Å². The molecule has 2 aromatic heterocycles. The number of carboxylic acid groups (broad SMARTS) is 1. The van der Waals surface area contributed by atoms with Crippen molar-refractivity contribution in [3.8, 4) is 0 Å². The van der Waals surface area contributed by atoms with Gasteiger partial charge in [-0.15, -0.1) is 0 Å². The van der Waals surface area contributed by atoms with Crippen LogP contribution < -0.4 is 9.80 Å². The van der Waals surface area contributed by atoms with E-state index in [0.717, 1.165) is 25.0 Å². The first kappa shape index (κ1) is 29.8. The van der Waals surface area contributed by atoms with Crippen LogP contribution in [0.1, 0.15) is 78.3 Å². The molecule has 3 aromatic rings. The number of aryl methyl sites for hydroxylation is 2. The molecule has 3 aliphatic rings. The number of anilines is 3. The largest absolute Gasteiger partial charge is 0.478 e. The van der Waals surface area contributed by atoms with Crippen LogP contribution in [0.5, 0.6) is 0 Å². The lowest BCUT2D eigenvalue weighted by Crippen LogP contribution is -2.61. The minimum atomic E-state index is -1.53. The molecule has 1 spiro atoms. The first-order valence-electron chi connectivity index (χ1n) is 14.6. The van der Waals surface area contributed by atoms with Crippen LogP contribution in [0.2, 0.25) is 0 Å². The van der Waals surface area contributed by atoms with Crippen LogP contribution in [0.25, 0.3) is 0 Å². The number of carbonyl (C=O) groups excluding carboxylic acids is 1. The standard InChI is InChI=1S/C32H35F3N6O3/c1-17-9-23(37-18(2)24(17)29(43)44)39-7-8-41(31(5,6)15-39)28(42)22-12-36-27-26(38-22)32(13-30(3,4)14-32)16-40(27)19-10-20(33)25(35)21(34)11-19/h9-12H,7-8,13-16H2,1-6H3,(H,43,44). The van der Waals surface area contributed by atoms with Gasteiger partial charge in [0.15, 0.2) is 23.3 Å². The number of aromatic nitrogens is 3. The Morgan fingerprint density at radius 2 is 1.59 bits per heavy atom. The smallest absolute Gasteiger partial charge is 0.337 e. The second-order valence-corrected chi connectivity index (χ2v) is 13.8. The molecule has 44 heavy (non-hydrogen) atoms. The molecule has 1 aliphatic carbocycles. The van der Waals surface area contributed by atoms with E-state index in [2.05, 4.69) is 23.8 Å². The molecular formula is C32H35F3N6O3. The van der Waals surface area contributed by atoms with Crippen molar-refractivity contribution in [2.75, 3.05) is 36.0 Å². The zero-order valence-electron chi connectivity index (χ0n) is 25.6. The number of carbonyl (C=O) groups is 2. The molecule has 232 valence electrons. The van der Waals surface area contributed by atoms with Crippen molar-refractivity contribution in [3.05, 3.63) is 70.1 Å². The van der Waals surface area contributed by atoms with Gasteiger partial charge in [-0.25, -0.2) is 32.9 Å². The highest BCUT2D eigenvalue weighted by molar-refractivity contribution is 5.93. The molecule has 6 rings (SSSR count). The van der Waals surface area contributed by atoms with Crippen molar-refractivity contribution in [2.45, 2.75) is 65.3 Å². The van der Waals surface area contributed by atoms with E-state index in [9.17, 15) is 27.9 Å². The summed E-state index contributed by atoms with van der Waals surface area (Å²) in [6.07, 6.45) is 2.89. The Morgan fingerprint density at radius 1 is 0.932 bits per heavy atom. The number of piperazine rings is 1. The summed E-state index contributed by atoms with van der Waals surface area (Å²) in [7, 11) is 0. The van der Waals surface area contributed by atoms with Gasteiger partial charge in [-0.2, -0.15) is 0 Å². The quantitative estimate of drug-likeness (QED) is 0.385. The lowest BCUT2D eigenvalue weighted by molar-refractivity contribution is 0.0501. The van der Waals surface area contributed by atoms with Gasteiger partial charge < -0.3 is 19.8 Å². The second-order valence-electron chi connectivity index (χ2n) is 13.8. The predicted octanol–water partition coefficient (Wildman–Crippen LogP) is 5.55. The van der Waals surface area contributed by atoms with Crippen molar-refractivity contribution in [1.29, 1.82) is 0 Å². The van der Waals surface area contributed by atoms with Crippen molar-refractivity contribution >= 4 is 29.2 Å². The summed E-state index contributed by atoms with van der Waals surface area (Å²) in [6.45, 7) is 13.3. The third kappa shape index (κ3) is 4.75. The molecule has 0 bridgehead atoms. The summed E-state index contributed by atoms with van der Waals surface area (Å²) in [5.41, 5.74) is 1.12. The van der Waals surface area contributed by atoms with Crippen molar-refractivity contribution < 1.29 is 27.9 Å². The maximum Gasteiger partial charge on any atom is 0.337 e. The van der Waals surface area contributed by atoms with E-state index in [1.54, 1.807) is 29.7 Å². The van der Waals surface area contributed by atoms with Crippen LogP contribution in [-0.2, 0) is 5.41 Å². The normalized spacial score (nSPS) is 19.6. The Labute approximate surface area is 253 Å². The monoisotopic (exact) mass is 608 g/mol. The lowest BCUT2D eigenvalue weighted by Gasteiger charge is -2.51. The summed E-state index contributed by atoms with van der Waals surface area (Å²) < 4.78 is 42.1. The minimum Gasteiger partial charge on any atom is -0.478 e. The van der Waals surface area contributed by atoms with Crippen LogP contribution in [0, 0.1) is 36.7 Å². The van der Waals surface area contributed by atoms with Gasteiger partial charge in [-0.3, -0.25) is 4.79 Å². The number of amides is 1. The number of rotatable bonds is 4. The fourth-order valence-electron chi connectivity index (χ4n) is 7.62. The molecule has 12 heteroatoms. The van der Waals surface area contributed by atoms with Crippen LogP contribution in [0.3, 0.4) is 0 Å². The summed E-state index contributed by atoms with van der Waals surface area (Å²) >= 11 is 0. The zero-order chi connectivity index (χ0) is 31.9. The Balaban J connectivity index is 1.29. The first-order chi connectivity index (χ1) is 20.5. The maximum atomic E-state index is 14.2. The average molecular weight is 609 g/mol. The van der Waals surface area contributed by atoms with E-state index in [-0.39, 0.29) is 28.3 Å². The molecular weight excluding hydrogens is 573 g/mol. The van der Waals surface area contributed by atoms with Gasteiger partial charge in [0.1, 0.15) is 11.5 Å². The molecule has 1 saturated heterocycles. The predicted molar refractivity (Wildman–Crippen MR) is 158 cm³/mol. The summed E-state index contributed by atoms with van der Waals surface area (Å²) in [4.78, 5) is 45.1. The topological polar surface area (TPSA) is 103 Å². The van der Waals surface area contributed by atoms with Crippen LogP contribution in [-0.4, -0.2) is 68.6 Å². The molecule has 2 aliphatic heterocycles.